The van der Waals surface area contributed by atoms with E-state index in [0.29, 0.717) is 0 Å². The first-order valence-electron chi connectivity index (χ1n) is 11.3. The van der Waals surface area contributed by atoms with Crippen molar-refractivity contribution in [1.82, 2.24) is 5.43 Å². The van der Waals surface area contributed by atoms with Gasteiger partial charge >= 0.3 is 0 Å². The first kappa shape index (κ1) is 20.8. The summed E-state index contributed by atoms with van der Waals surface area (Å²) in [5.74, 6) is 0.888. The fourth-order valence-electron chi connectivity index (χ4n) is 4.06. The van der Waals surface area contributed by atoms with Crippen LogP contribution in [0.15, 0.2) is 102 Å². The summed E-state index contributed by atoms with van der Waals surface area (Å²) in [6, 6.07) is 40.4. The molecule has 0 saturated heterocycles. The lowest BCUT2D eigenvalue weighted by molar-refractivity contribution is 0.587. The molecule has 0 spiro atoms. The van der Waals surface area contributed by atoms with Crippen LogP contribution in [0.5, 0.6) is 0 Å². The summed E-state index contributed by atoms with van der Waals surface area (Å²) in [6.07, 6.45) is -0.151. The molecule has 162 valence electrons. The number of amidine groups is 1. The molecule has 4 aromatic carbocycles. The Morgan fingerprint density at radius 2 is 1.30 bits per heavy atom. The van der Waals surface area contributed by atoms with Crippen molar-refractivity contribution in [3.8, 4) is 11.1 Å². The fraction of sp³-hybridized carbons (Fsp3) is 0.167. The molecule has 0 radical (unpaired) electrons. The maximum Gasteiger partial charge on any atom is 0.162 e. The smallest absolute Gasteiger partial charge is 0.162 e. The highest BCUT2D eigenvalue weighted by Crippen LogP contribution is 2.32. The van der Waals surface area contributed by atoms with Gasteiger partial charge in [0, 0.05) is 22.4 Å². The van der Waals surface area contributed by atoms with E-state index in [2.05, 4.69) is 128 Å². The van der Waals surface area contributed by atoms with Gasteiger partial charge in [-0.25, -0.2) is 0 Å². The van der Waals surface area contributed by atoms with E-state index < -0.39 is 0 Å². The van der Waals surface area contributed by atoms with Gasteiger partial charge in [0.2, 0.25) is 0 Å². The Hall–Kier alpha value is -4.03. The molecule has 3 nitrogen and oxygen atoms in total. The van der Waals surface area contributed by atoms with Crippen LogP contribution in [0, 0.1) is 12.1 Å². The van der Waals surface area contributed by atoms with Crippen LogP contribution >= 0.6 is 0 Å². The number of hydrazone groups is 1. The first-order chi connectivity index (χ1) is 16.0. The highest BCUT2D eigenvalue weighted by atomic mass is 15.5. The molecule has 0 amide bonds. The van der Waals surface area contributed by atoms with Gasteiger partial charge in [-0.1, -0.05) is 106 Å². The Balaban J connectivity index is 1.49. The average Bonchev–Trinajstić information content (AvgIpc) is 3.30. The number of hydrogen-bond donors (Lipinski definition) is 1. The number of nitrogens with zero attached hydrogens (tertiary/aromatic N) is 2. The Morgan fingerprint density at radius 1 is 0.697 bits per heavy atom. The second-order valence-corrected chi connectivity index (χ2v) is 9.32. The van der Waals surface area contributed by atoms with Crippen LogP contribution in [0.3, 0.4) is 0 Å². The normalized spacial score (nSPS) is 15.5. The molecule has 1 heterocycles. The lowest BCUT2D eigenvalue weighted by Crippen LogP contribution is -2.33. The van der Waals surface area contributed by atoms with Crippen LogP contribution in [-0.4, -0.2) is 5.84 Å². The summed E-state index contributed by atoms with van der Waals surface area (Å²) in [5, 5.41) is 4.75. The van der Waals surface area contributed by atoms with Crippen molar-refractivity contribution in [1.29, 1.82) is 0 Å². The van der Waals surface area contributed by atoms with E-state index in [1.807, 2.05) is 12.1 Å². The van der Waals surface area contributed by atoms with Crippen molar-refractivity contribution < 1.29 is 0 Å². The molecule has 1 aliphatic heterocycles. The topological polar surface area (TPSA) is 27.6 Å². The molecule has 0 fully saturated rings. The highest BCUT2D eigenvalue weighted by Gasteiger charge is 2.31. The van der Waals surface area contributed by atoms with Gasteiger partial charge in [0.05, 0.1) is 0 Å². The summed E-state index contributed by atoms with van der Waals surface area (Å²) < 4.78 is 0. The Labute approximate surface area is 196 Å². The molecule has 0 bridgehead atoms. The Bertz CT molecular complexity index is 1240. The molecule has 1 aliphatic rings. The van der Waals surface area contributed by atoms with Gasteiger partial charge in [0.1, 0.15) is 0 Å². The second-order valence-electron chi connectivity index (χ2n) is 9.32. The summed E-state index contributed by atoms with van der Waals surface area (Å²) in [5.41, 5.74) is 10.1. The predicted octanol–water partition coefficient (Wildman–Crippen LogP) is 6.72. The van der Waals surface area contributed by atoms with Crippen molar-refractivity contribution in [2.75, 3.05) is 4.90 Å². The van der Waals surface area contributed by atoms with E-state index in [0.717, 1.165) is 28.2 Å². The van der Waals surface area contributed by atoms with Crippen LogP contribution < -0.4 is 10.3 Å². The molecular weight excluding hydrogens is 402 g/mol. The van der Waals surface area contributed by atoms with Gasteiger partial charge in [-0.3, -0.25) is 10.3 Å². The Kier molecular flexibility index (Phi) is 5.36. The highest BCUT2D eigenvalue weighted by molar-refractivity contribution is 6.11. The lowest BCUT2D eigenvalue weighted by atomic mass is 9.88. The molecule has 3 heteroatoms. The molecule has 0 saturated carbocycles. The van der Waals surface area contributed by atoms with Crippen molar-refractivity contribution >= 4 is 11.5 Å². The number of benzene rings is 3. The Morgan fingerprint density at radius 3 is 1.91 bits per heavy atom. The average molecular weight is 430 g/mol. The second kappa shape index (κ2) is 8.48. The van der Waals surface area contributed by atoms with Crippen molar-refractivity contribution in [3.05, 3.63) is 126 Å². The van der Waals surface area contributed by atoms with Crippen molar-refractivity contribution in [2.45, 2.75) is 32.4 Å². The van der Waals surface area contributed by atoms with Crippen LogP contribution in [0.4, 0.5) is 5.69 Å². The zero-order chi connectivity index (χ0) is 22.8. The quantitative estimate of drug-likeness (QED) is 0.390. The summed E-state index contributed by atoms with van der Waals surface area (Å²) in [6.45, 7) is 6.57. The molecule has 0 aliphatic carbocycles. The van der Waals surface area contributed by atoms with Gasteiger partial charge in [0.25, 0.3) is 0 Å². The third kappa shape index (κ3) is 4.21. The molecule has 1 N–H and O–H groups in total. The number of anilines is 1. The van der Waals surface area contributed by atoms with E-state index in [1.54, 1.807) is 0 Å². The third-order valence-electron chi connectivity index (χ3n) is 5.94. The SMILES string of the molecule is CC(C)(C)c1c#cc(C2NN=C(c3ccc(-c4ccccc4)cc3)N2c2ccccc2)cc1. The number of nitrogens with one attached hydrogen (secondary N) is 1. The number of hydrogen-bond acceptors (Lipinski definition) is 3. The van der Waals surface area contributed by atoms with Crippen molar-refractivity contribution in [2.24, 2.45) is 5.10 Å². The molecule has 1 atom stereocenters. The summed E-state index contributed by atoms with van der Waals surface area (Å²) in [4.78, 5) is 2.23. The number of para-hydroxylation sites is 1. The molecule has 0 aromatic heterocycles. The molecular formula is C30H27N3. The lowest BCUT2D eigenvalue weighted by Gasteiger charge is -2.27. The van der Waals surface area contributed by atoms with Gasteiger partial charge in [0.15, 0.2) is 12.0 Å². The molecule has 5 rings (SSSR count). The van der Waals surface area contributed by atoms with E-state index in [1.165, 1.54) is 11.1 Å². The van der Waals surface area contributed by atoms with E-state index in [9.17, 15) is 0 Å². The predicted molar refractivity (Wildman–Crippen MR) is 136 cm³/mol. The van der Waals surface area contributed by atoms with E-state index >= 15 is 0 Å². The van der Waals surface area contributed by atoms with E-state index in [-0.39, 0.29) is 11.6 Å². The largest absolute Gasteiger partial charge is 0.297 e. The standard InChI is InChI=1S/C30H27N3/c1-30(2,3)26-20-18-25(19-21-26)29-32-31-28(33(29)27-12-8-5-9-13-27)24-16-14-23(15-17-24)22-10-6-4-7-11-22/h4-18,20,29,32H,1-3H3. The van der Waals surface area contributed by atoms with E-state index in [4.69, 9.17) is 5.10 Å². The van der Waals surface area contributed by atoms with Gasteiger partial charge in [-0.2, -0.15) is 5.10 Å². The summed E-state index contributed by atoms with van der Waals surface area (Å²) in [7, 11) is 0. The van der Waals surface area contributed by atoms with Gasteiger partial charge in [-0.15, -0.1) is 0 Å². The van der Waals surface area contributed by atoms with Crippen LogP contribution in [0.2, 0.25) is 0 Å². The van der Waals surface area contributed by atoms with Crippen LogP contribution in [0.1, 0.15) is 43.6 Å². The van der Waals surface area contributed by atoms with Crippen molar-refractivity contribution in [3.63, 3.8) is 0 Å². The molecule has 4 aromatic rings. The minimum Gasteiger partial charge on any atom is -0.297 e. The zero-order valence-electron chi connectivity index (χ0n) is 19.2. The molecule has 33 heavy (non-hydrogen) atoms. The minimum atomic E-state index is -0.151. The maximum atomic E-state index is 4.75. The maximum absolute atomic E-state index is 4.75. The van der Waals surface area contributed by atoms with Gasteiger partial charge in [-0.05, 0) is 40.8 Å². The first-order valence-corrected chi connectivity index (χ1v) is 11.3. The monoisotopic (exact) mass is 429 g/mol. The minimum absolute atomic E-state index is 0.0411. The van der Waals surface area contributed by atoms with Crippen LogP contribution in [-0.2, 0) is 5.41 Å². The number of rotatable bonds is 4. The zero-order valence-corrected chi connectivity index (χ0v) is 19.2. The summed E-state index contributed by atoms with van der Waals surface area (Å²) >= 11 is 0. The van der Waals surface area contributed by atoms with Crippen LogP contribution in [0.25, 0.3) is 11.1 Å². The van der Waals surface area contributed by atoms with Gasteiger partial charge < -0.3 is 0 Å². The third-order valence-corrected chi connectivity index (χ3v) is 5.94. The molecule has 1 unspecified atom stereocenters. The fourth-order valence-corrected chi connectivity index (χ4v) is 4.06.